The number of hydrogen-bond acceptors (Lipinski definition) is 8. The monoisotopic (exact) mass is 453 g/mol. The normalized spacial score (nSPS) is 16.5. The first-order chi connectivity index (χ1) is 16.0. The molecule has 33 heavy (non-hydrogen) atoms. The number of carbonyl (C=O) groups is 2. The van der Waals surface area contributed by atoms with Crippen LogP contribution < -0.4 is 14.8 Å². The van der Waals surface area contributed by atoms with Gasteiger partial charge in [0, 0.05) is 19.6 Å². The summed E-state index contributed by atoms with van der Waals surface area (Å²) in [5, 5.41) is 21.8. The Morgan fingerprint density at radius 1 is 1.24 bits per heavy atom. The molecular formula is C24H27N3O6. The fraction of sp³-hybridized carbons (Fsp3) is 0.375. The van der Waals surface area contributed by atoms with E-state index in [2.05, 4.69) is 21.0 Å². The highest BCUT2D eigenvalue weighted by Crippen LogP contribution is 2.20. The molecule has 0 saturated carbocycles. The number of methoxy groups -OCH3 is 1. The molecule has 1 aliphatic rings. The highest BCUT2D eigenvalue weighted by molar-refractivity contribution is 5.98. The predicted molar refractivity (Wildman–Crippen MR) is 119 cm³/mol. The van der Waals surface area contributed by atoms with E-state index in [0.717, 1.165) is 13.0 Å². The first kappa shape index (κ1) is 24.0. The lowest BCUT2D eigenvalue weighted by Crippen LogP contribution is -2.35. The van der Waals surface area contributed by atoms with E-state index in [1.165, 1.54) is 7.11 Å². The molecule has 1 aliphatic heterocycles. The van der Waals surface area contributed by atoms with Crippen LogP contribution in [0.15, 0.2) is 48.5 Å². The Labute approximate surface area is 192 Å². The van der Waals surface area contributed by atoms with Crippen LogP contribution in [0.4, 0.5) is 0 Å². The van der Waals surface area contributed by atoms with Crippen LogP contribution in [0.3, 0.4) is 0 Å². The molecule has 1 amide bonds. The molecule has 0 spiro atoms. The zero-order valence-electron chi connectivity index (χ0n) is 18.4. The van der Waals surface area contributed by atoms with E-state index in [9.17, 15) is 14.7 Å². The number of ether oxygens (including phenoxy) is 3. The fourth-order valence-electron chi connectivity index (χ4n) is 3.50. The summed E-state index contributed by atoms with van der Waals surface area (Å²) >= 11 is 0. The maximum Gasteiger partial charge on any atom is 0.325 e. The lowest BCUT2D eigenvalue weighted by Gasteiger charge is -2.21. The van der Waals surface area contributed by atoms with Crippen molar-refractivity contribution >= 4 is 11.9 Å². The number of aliphatic hydroxyl groups is 1. The molecule has 0 bridgehead atoms. The quantitative estimate of drug-likeness (QED) is 0.517. The Kier molecular flexibility index (Phi) is 8.63. The molecule has 2 aromatic rings. The van der Waals surface area contributed by atoms with Crippen LogP contribution in [0, 0.1) is 11.3 Å². The average Bonchev–Trinajstić information content (AvgIpc) is 3.28. The number of benzene rings is 2. The van der Waals surface area contributed by atoms with Crippen molar-refractivity contribution in [3.05, 3.63) is 59.7 Å². The minimum absolute atomic E-state index is 0.00490. The lowest BCUT2D eigenvalue weighted by atomic mass is 10.2. The Balaban J connectivity index is 1.45. The van der Waals surface area contributed by atoms with Gasteiger partial charge in [-0.25, -0.2) is 0 Å². The number of β-amino-alcohol motifs (C(OH)–C–C–N with tert-alkyl or cyclic N) is 1. The third kappa shape index (κ3) is 7.20. The van der Waals surface area contributed by atoms with Crippen molar-refractivity contribution in [2.75, 3.05) is 39.9 Å². The predicted octanol–water partition coefficient (Wildman–Crippen LogP) is 1.35. The number of hydrogen-bond donors (Lipinski definition) is 2. The molecule has 2 atom stereocenters. The third-order valence-electron chi connectivity index (χ3n) is 5.17. The Morgan fingerprint density at radius 3 is 2.73 bits per heavy atom. The van der Waals surface area contributed by atoms with Crippen LogP contribution in [-0.2, 0) is 9.53 Å². The van der Waals surface area contributed by atoms with Crippen molar-refractivity contribution in [3.8, 4) is 17.6 Å². The van der Waals surface area contributed by atoms with Crippen LogP contribution >= 0.6 is 0 Å². The van der Waals surface area contributed by atoms with Crippen LogP contribution in [0.5, 0.6) is 11.5 Å². The molecular weight excluding hydrogens is 426 g/mol. The number of amides is 1. The van der Waals surface area contributed by atoms with Crippen molar-refractivity contribution in [1.29, 1.82) is 5.26 Å². The van der Waals surface area contributed by atoms with Crippen LogP contribution in [0.2, 0.25) is 0 Å². The standard InChI is InChI=1S/C24H27N3O6/c1-31-23(29)13-26-24(30)21-4-2-3-5-22(21)32-16-18(28)14-27-11-10-20(15-27)33-19-8-6-17(12-25)7-9-19/h2-9,18,20,28H,10-11,13-16H2,1H3,(H,26,30). The van der Waals surface area contributed by atoms with Gasteiger partial charge >= 0.3 is 5.97 Å². The minimum Gasteiger partial charge on any atom is -0.490 e. The molecule has 2 unspecified atom stereocenters. The summed E-state index contributed by atoms with van der Waals surface area (Å²) in [6.07, 6.45) is 0.0756. The molecule has 9 nitrogen and oxygen atoms in total. The van der Waals surface area contributed by atoms with Crippen molar-refractivity contribution in [2.24, 2.45) is 0 Å². The maximum atomic E-state index is 12.3. The number of rotatable bonds is 10. The number of nitrogens with zero attached hydrogens (tertiary/aromatic N) is 2. The fourth-order valence-corrected chi connectivity index (χ4v) is 3.50. The van der Waals surface area contributed by atoms with Gasteiger partial charge in [-0.3, -0.25) is 14.5 Å². The molecule has 1 fully saturated rings. The van der Waals surface area contributed by atoms with Gasteiger partial charge in [0.15, 0.2) is 0 Å². The molecule has 0 radical (unpaired) electrons. The summed E-state index contributed by atoms with van der Waals surface area (Å²) < 4.78 is 16.2. The van der Waals surface area contributed by atoms with E-state index in [0.29, 0.717) is 30.2 Å². The van der Waals surface area contributed by atoms with Gasteiger partial charge in [-0.05, 0) is 42.8 Å². The largest absolute Gasteiger partial charge is 0.490 e. The van der Waals surface area contributed by atoms with Gasteiger partial charge in [-0.15, -0.1) is 0 Å². The van der Waals surface area contributed by atoms with Gasteiger partial charge < -0.3 is 24.6 Å². The Hall–Kier alpha value is -3.61. The summed E-state index contributed by atoms with van der Waals surface area (Å²) in [6, 6.07) is 15.7. The van der Waals surface area contributed by atoms with E-state index in [1.54, 1.807) is 48.5 Å². The molecule has 0 aliphatic carbocycles. The number of esters is 1. The van der Waals surface area contributed by atoms with Crippen LogP contribution in [-0.4, -0.2) is 74.0 Å². The molecule has 3 rings (SSSR count). The molecule has 2 N–H and O–H groups in total. The van der Waals surface area contributed by atoms with Crippen molar-refractivity contribution in [3.63, 3.8) is 0 Å². The van der Waals surface area contributed by atoms with Gasteiger partial charge in [0.2, 0.25) is 0 Å². The Morgan fingerprint density at radius 2 is 2.00 bits per heavy atom. The zero-order valence-corrected chi connectivity index (χ0v) is 18.4. The highest BCUT2D eigenvalue weighted by atomic mass is 16.5. The number of nitriles is 1. The maximum absolute atomic E-state index is 12.3. The minimum atomic E-state index is -0.759. The topological polar surface area (TPSA) is 121 Å². The molecule has 9 heteroatoms. The smallest absolute Gasteiger partial charge is 0.325 e. The van der Waals surface area contributed by atoms with Crippen molar-refractivity contribution in [1.82, 2.24) is 10.2 Å². The van der Waals surface area contributed by atoms with Gasteiger partial charge in [0.1, 0.15) is 36.9 Å². The lowest BCUT2D eigenvalue weighted by molar-refractivity contribution is -0.139. The number of aliphatic hydroxyl groups excluding tert-OH is 1. The van der Waals surface area contributed by atoms with Gasteiger partial charge in [-0.1, -0.05) is 12.1 Å². The van der Waals surface area contributed by atoms with Crippen molar-refractivity contribution < 1.29 is 28.9 Å². The molecule has 2 aromatic carbocycles. The number of likely N-dealkylation sites (tertiary alicyclic amines) is 1. The second-order valence-electron chi connectivity index (χ2n) is 7.64. The van der Waals surface area contributed by atoms with Crippen molar-refractivity contribution in [2.45, 2.75) is 18.6 Å². The van der Waals surface area contributed by atoms with Gasteiger partial charge in [0.25, 0.3) is 5.91 Å². The van der Waals surface area contributed by atoms with Crippen LogP contribution in [0.1, 0.15) is 22.3 Å². The first-order valence-electron chi connectivity index (χ1n) is 10.6. The number of para-hydroxylation sites is 1. The zero-order chi connectivity index (χ0) is 23.6. The average molecular weight is 453 g/mol. The highest BCUT2D eigenvalue weighted by Gasteiger charge is 2.26. The molecule has 1 heterocycles. The molecule has 1 saturated heterocycles. The van der Waals surface area contributed by atoms with E-state index in [-0.39, 0.29) is 24.8 Å². The Bertz CT molecular complexity index is 988. The van der Waals surface area contributed by atoms with Crippen LogP contribution in [0.25, 0.3) is 0 Å². The van der Waals surface area contributed by atoms with Gasteiger partial charge in [-0.2, -0.15) is 5.26 Å². The second-order valence-corrected chi connectivity index (χ2v) is 7.64. The SMILES string of the molecule is COC(=O)CNC(=O)c1ccccc1OCC(O)CN1CCC(Oc2ccc(C#N)cc2)C1. The van der Waals surface area contributed by atoms with E-state index < -0.39 is 18.0 Å². The summed E-state index contributed by atoms with van der Waals surface area (Å²) in [7, 11) is 1.24. The van der Waals surface area contributed by atoms with E-state index in [1.807, 2.05) is 0 Å². The summed E-state index contributed by atoms with van der Waals surface area (Å²) in [5.74, 6) is 0.0197. The summed E-state index contributed by atoms with van der Waals surface area (Å²) in [4.78, 5) is 25.7. The summed E-state index contributed by atoms with van der Waals surface area (Å²) in [6.45, 7) is 1.63. The second kappa shape index (κ2) is 11.9. The number of carbonyl (C=O) groups excluding carboxylic acids is 2. The number of nitrogens with one attached hydrogen (secondary N) is 1. The first-order valence-corrected chi connectivity index (χ1v) is 10.6. The molecule has 174 valence electrons. The van der Waals surface area contributed by atoms with Gasteiger partial charge in [0.05, 0.1) is 24.3 Å². The third-order valence-corrected chi connectivity index (χ3v) is 5.17. The summed E-state index contributed by atoms with van der Waals surface area (Å²) in [5.41, 5.74) is 0.853. The van der Waals surface area contributed by atoms with E-state index >= 15 is 0 Å². The molecule has 0 aromatic heterocycles. The van der Waals surface area contributed by atoms with E-state index in [4.69, 9.17) is 14.7 Å².